The molecule has 0 spiro atoms. The highest BCUT2D eigenvalue weighted by atomic mass is 16.5. The maximum absolute atomic E-state index is 11.5. The zero-order chi connectivity index (χ0) is 24.2. The van der Waals surface area contributed by atoms with Gasteiger partial charge in [0, 0.05) is 60.3 Å². The Morgan fingerprint density at radius 1 is 1.14 bits per heavy atom. The van der Waals surface area contributed by atoms with Gasteiger partial charge in [0.1, 0.15) is 5.75 Å². The number of nitrogens with zero attached hydrogens (tertiary/aromatic N) is 1. The van der Waals surface area contributed by atoms with Crippen molar-refractivity contribution < 1.29 is 14.3 Å². The Morgan fingerprint density at radius 2 is 2.06 bits per heavy atom. The van der Waals surface area contributed by atoms with Crippen LogP contribution in [-0.4, -0.2) is 41.6 Å². The average Bonchev–Trinajstić information content (AvgIpc) is 3.64. The van der Waals surface area contributed by atoms with Crippen molar-refractivity contribution in [1.82, 2.24) is 14.9 Å². The number of fused-ring (bicyclic) bond motifs is 2. The Bertz CT molecular complexity index is 1340. The Balaban J connectivity index is 1.37. The van der Waals surface area contributed by atoms with E-state index in [0.717, 1.165) is 49.2 Å². The summed E-state index contributed by atoms with van der Waals surface area (Å²) in [7, 11) is 3.09. The number of benzene rings is 2. The number of aromatic amines is 2. The number of H-pyrrole nitrogens is 2. The van der Waals surface area contributed by atoms with E-state index in [2.05, 4.69) is 63.5 Å². The normalized spacial score (nSPS) is 15.2. The highest BCUT2D eigenvalue weighted by Gasteiger charge is 2.28. The van der Waals surface area contributed by atoms with E-state index < -0.39 is 0 Å². The average molecular weight is 470 g/mol. The van der Waals surface area contributed by atoms with E-state index in [9.17, 15) is 4.79 Å². The molecule has 1 aliphatic carbocycles. The van der Waals surface area contributed by atoms with Gasteiger partial charge in [0.05, 0.1) is 14.2 Å². The second-order valence-corrected chi connectivity index (χ2v) is 9.01. The molecule has 0 saturated carbocycles. The number of esters is 1. The van der Waals surface area contributed by atoms with Crippen LogP contribution < -0.4 is 4.74 Å². The zero-order valence-corrected chi connectivity index (χ0v) is 20.2. The molecule has 180 valence electrons. The van der Waals surface area contributed by atoms with Crippen LogP contribution in [0.1, 0.15) is 40.4 Å². The molecule has 0 aliphatic heterocycles. The number of carbonyl (C=O) groups is 1. The molecule has 6 nitrogen and oxygen atoms in total. The van der Waals surface area contributed by atoms with Gasteiger partial charge in [0.2, 0.25) is 0 Å². The molecule has 2 N–H and O–H groups in total. The van der Waals surface area contributed by atoms with Crippen molar-refractivity contribution in [2.45, 2.75) is 31.8 Å². The first-order chi connectivity index (χ1) is 17.1. The lowest BCUT2D eigenvalue weighted by molar-refractivity contribution is -0.134. The van der Waals surface area contributed by atoms with Crippen LogP contribution in [0, 0.1) is 0 Å². The topological polar surface area (TPSA) is 70.3 Å². The van der Waals surface area contributed by atoms with E-state index in [1.165, 1.54) is 41.0 Å². The largest absolute Gasteiger partial charge is 0.497 e. The first-order valence-electron chi connectivity index (χ1n) is 12.0. The number of methoxy groups -OCH3 is 2. The predicted octanol–water partition coefficient (Wildman–Crippen LogP) is 5.42. The van der Waals surface area contributed by atoms with Crippen LogP contribution in [0.5, 0.6) is 5.75 Å². The summed E-state index contributed by atoms with van der Waals surface area (Å²) >= 11 is 0. The molecule has 35 heavy (non-hydrogen) atoms. The summed E-state index contributed by atoms with van der Waals surface area (Å²) in [5, 5.41) is 1.25. The van der Waals surface area contributed by atoms with Crippen LogP contribution in [-0.2, 0) is 28.9 Å². The Morgan fingerprint density at radius 3 is 2.86 bits per heavy atom. The molecule has 4 aromatic rings. The predicted molar refractivity (Wildman–Crippen MR) is 138 cm³/mol. The van der Waals surface area contributed by atoms with Gasteiger partial charge < -0.3 is 19.4 Å². The summed E-state index contributed by atoms with van der Waals surface area (Å²) in [6.07, 6.45) is 10.5. The molecular weight excluding hydrogens is 438 g/mol. The maximum atomic E-state index is 11.5. The van der Waals surface area contributed by atoms with E-state index in [1.807, 2.05) is 18.3 Å². The van der Waals surface area contributed by atoms with Crippen molar-refractivity contribution >= 4 is 22.9 Å². The molecule has 6 heteroatoms. The summed E-state index contributed by atoms with van der Waals surface area (Å²) < 4.78 is 10.1. The smallest absolute Gasteiger partial charge is 0.330 e. The molecule has 1 aliphatic rings. The molecule has 5 rings (SSSR count). The standard InChI is InChI=1S/C29H31N3O3/c1-34-24-8-10-25-22(18-31-27(25)17-24)13-15-32(19-23-4-3-14-30-23)28-11-7-21-16-20(5-9-26(21)28)6-12-29(33)35-2/h3-6,8-10,12,14,16-18,28,30-31H,7,11,13,15,19H2,1-2H3. The number of rotatable bonds is 9. The van der Waals surface area contributed by atoms with Crippen molar-refractivity contribution in [2.24, 2.45) is 0 Å². The third kappa shape index (κ3) is 5.03. The SMILES string of the molecule is COC(=O)C=Cc1ccc2c(c1)CCC2N(CCc1c[nH]c2cc(OC)ccc12)Cc1ccc[nH]1. The third-order valence-corrected chi connectivity index (χ3v) is 6.95. The van der Waals surface area contributed by atoms with Gasteiger partial charge in [0.25, 0.3) is 0 Å². The fourth-order valence-electron chi connectivity index (χ4n) is 5.12. The van der Waals surface area contributed by atoms with Crippen molar-refractivity contribution in [1.29, 1.82) is 0 Å². The maximum Gasteiger partial charge on any atom is 0.330 e. The zero-order valence-electron chi connectivity index (χ0n) is 20.2. The monoisotopic (exact) mass is 469 g/mol. The first kappa shape index (κ1) is 23.0. The summed E-state index contributed by atoms with van der Waals surface area (Å²) in [5.74, 6) is 0.527. The molecule has 0 amide bonds. The molecule has 0 saturated heterocycles. The molecular formula is C29H31N3O3. The molecule has 2 heterocycles. The molecule has 0 fully saturated rings. The Kier molecular flexibility index (Phi) is 6.73. The van der Waals surface area contributed by atoms with Gasteiger partial charge in [-0.15, -0.1) is 0 Å². The second kappa shape index (κ2) is 10.2. The number of aromatic nitrogens is 2. The van der Waals surface area contributed by atoms with Gasteiger partial charge >= 0.3 is 5.97 Å². The van der Waals surface area contributed by atoms with Crippen LogP contribution in [0.15, 0.2) is 67.0 Å². The van der Waals surface area contributed by atoms with Crippen LogP contribution >= 0.6 is 0 Å². The number of carbonyl (C=O) groups excluding carboxylic acids is 1. The van der Waals surface area contributed by atoms with Crippen molar-refractivity contribution in [3.8, 4) is 5.75 Å². The van der Waals surface area contributed by atoms with Gasteiger partial charge in [0.15, 0.2) is 0 Å². The number of hydrogen-bond donors (Lipinski definition) is 2. The number of ether oxygens (including phenoxy) is 2. The second-order valence-electron chi connectivity index (χ2n) is 9.01. The number of nitrogens with one attached hydrogen (secondary N) is 2. The molecule has 2 aromatic carbocycles. The van der Waals surface area contributed by atoms with Crippen LogP contribution in [0.25, 0.3) is 17.0 Å². The van der Waals surface area contributed by atoms with Gasteiger partial charge in [-0.05, 0) is 71.9 Å². The van der Waals surface area contributed by atoms with Gasteiger partial charge in [-0.3, -0.25) is 4.90 Å². The van der Waals surface area contributed by atoms with Crippen molar-refractivity contribution in [3.63, 3.8) is 0 Å². The number of hydrogen-bond acceptors (Lipinski definition) is 4. The molecule has 1 unspecified atom stereocenters. The quantitative estimate of drug-likeness (QED) is 0.254. The molecule has 2 aromatic heterocycles. The highest BCUT2D eigenvalue weighted by Crippen LogP contribution is 2.37. The third-order valence-electron chi connectivity index (χ3n) is 6.95. The van der Waals surface area contributed by atoms with Crippen LogP contribution in [0.3, 0.4) is 0 Å². The first-order valence-corrected chi connectivity index (χ1v) is 12.0. The fraction of sp³-hybridized carbons (Fsp3) is 0.276. The lowest BCUT2D eigenvalue weighted by Crippen LogP contribution is -2.29. The van der Waals surface area contributed by atoms with Crippen LogP contribution in [0.4, 0.5) is 0 Å². The summed E-state index contributed by atoms with van der Waals surface area (Å²) in [6.45, 7) is 1.82. The summed E-state index contributed by atoms with van der Waals surface area (Å²) in [5.41, 5.74) is 7.42. The minimum Gasteiger partial charge on any atom is -0.497 e. The molecule has 0 bridgehead atoms. The molecule has 1 atom stereocenters. The number of aryl methyl sites for hydroxylation is 1. The van der Waals surface area contributed by atoms with Gasteiger partial charge in [-0.2, -0.15) is 0 Å². The lowest BCUT2D eigenvalue weighted by atomic mass is 10.0. The lowest BCUT2D eigenvalue weighted by Gasteiger charge is -2.29. The van der Waals surface area contributed by atoms with Crippen molar-refractivity contribution in [3.05, 3.63) is 94.9 Å². The van der Waals surface area contributed by atoms with E-state index in [0.29, 0.717) is 6.04 Å². The summed E-state index contributed by atoms with van der Waals surface area (Å²) in [4.78, 5) is 20.8. The Hall–Kier alpha value is -3.77. The fourth-order valence-corrected chi connectivity index (χ4v) is 5.12. The minimum atomic E-state index is -0.337. The van der Waals surface area contributed by atoms with E-state index in [-0.39, 0.29) is 5.97 Å². The Labute approximate surface area is 205 Å². The van der Waals surface area contributed by atoms with Crippen molar-refractivity contribution in [2.75, 3.05) is 20.8 Å². The van der Waals surface area contributed by atoms with E-state index in [1.54, 1.807) is 7.11 Å². The van der Waals surface area contributed by atoms with Crippen LogP contribution in [0.2, 0.25) is 0 Å². The van der Waals surface area contributed by atoms with E-state index >= 15 is 0 Å². The van der Waals surface area contributed by atoms with E-state index in [4.69, 9.17) is 9.47 Å². The highest BCUT2D eigenvalue weighted by molar-refractivity contribution is 5.87. The van der Waals surface area contributed by atoms with Gasteiger partial charge in [-0.25, -0.2) is 4.79 Å². The summed E-state index contributed by atoms with van der Waals surface area (Å²) in [6, 6.07) is 17.3. The van der Waals surface area contributed by atoms with Gasteiger partial charge in [-0.1, -0.05) is 18.2 Å². The molecule has 0 radical (unpaired) electrons. The minimum absolute atomic E-state index is 0.337.